The van der Waals surface area contributed by atoms with Crippen molar-refractivity contribution in [3.05, 3.63) is 70.5 Å². The molecule has 2 aromatic rings. The summed E-state index contributed by atoms with van der Waals surface area (Å²) in [6.45, 7) is 1.99. The summed E-state index contributed by atoms with van der Waals surface area (Å²) in [5.41, 5.74) is -2.47. The van der Waals surface area contributed by atoms with E-state index in [4.69, 9.17) is 4.74 Å². The molecule has 0 aliphatic carbocycles. The van der Waals surface area contributed by atoms with Crippen LogP contribution in [0.2, 0.25) is 0 Å². The van der Waals surface area contributed by atoms with Crippen molar-refractivity contribution in [1.29, 1.82) is 0 Å². The van der Waals surface area contributed by atoms with Crippen LogP contribution in [0.3, 0.4) is 0 Å². The monoisotopic (exact) mass is 389 g/mol. The molecule has 1 aromatic heterocycles. The Bertz CT molecular complexity index is 1070. The molecule has 12 nitrogen and oxygen atoms in total. The maximum atomic E-state index is 11.6. The molecule has 0 radical (unpaired) electrons. The van der Waals surface area contributed by atoms with E-state index in [0.29, 0.717) is 37.6 Å². The zero-order chi connectivity index (χ0) is 20.3. The van der Waals surface area contributed by atoms with Gasteiger partial charge in [0.2, 0.25) is 0 Å². The topological polar surface area (TPSA) is 164 Å². The number of benzene rings is 1. The van der Waals surface area contributed by atoms with Crippen LogP contribution in [0.5, 0.6) is 0 Å². The summed E-state index contributed by atoms with van der Waals surface area (Å²) >= 11 is 0. The minimum Gasteiger partial charge on any atom is -0.378 e. The molecule has 0 bridgehead atoms. The Morgan fingerprint density at radius 3 is 2.39 bits per heavy atom. The Hall–Kier alpha value is -3.80. The molecule has 1 saturated heterocycles. The number of anilines is 1. The number of rotatable bonds is 5. The van der Waals surface area contributed by atoms with E-state index in [-0.39, 0.29) is 11.4 Å². The molecule has 0 unspecified atom stereocenters. The first-order valence-corrected chi connectivity index (χ1v) is 8.17. The van der Waals surface area contributed by atoms with Gasteiger partial charge in [-0.1, -0.05) is 12.1 Å². The summed E-state index contributed by atoms with van der Waals surface area (Å²) < 4.78 is 5.25. The van der Waals surface area contributed by atoms with Crippen LogP contribution in [-0.4, -0.2) is 46.1 Å². The number of morpholine rings is 1. The van der Waals surface area contributed by atoms with Crippen LogP contribution in [-0.2, 0) is 4.74 Å². The molecule has 1 fully saturated rings. The van der Waals surface area contributed by atoms with Crippen LogP contribution in [0, 0.1) is 20.2 Å². The molecule has 0 saturated carbocycles. The smallest absolute Gasteiger partial charge is 0.357 e. The lowest BCUT2D eigenvalue weighted by Crippen LogP contribution is -2.36. The number of nitrogens with one attached hydrogen (secondary N) is 2. The van der Waals surface area contributed by atoms with Crippen molar-refractivity contribution in [1.82, 2.24) is 9.97 Å². The normalized spacial score (nSPS) is 14.4. The highest BCUT2D eigenvalue weighted by atomic mass is 16.6. The van der Waals surface area contributed by atoms with Gasteiger partial charge in [-0.2, -0.15) is 0 Å². The van der Waals surface area contributed by atoms with E-state index in [1.807, 2.05) is 4.90 Å². The van der Waals surface area contributed by atoms with E-state index >= 15 is 0 Å². The molecule has 1 aromatic carbocycles. The SMILES string of the molecule is O=c1[nH]c(/C=C/c2ccc(N3CCOCC3)c([N+](=O)[O-])c2)c([N+](=O)[O-])c(=O)[nH]1. The molecule has 2 N–H and O–H groups in total. The summed E-state index contributed by atoms with van der Waals surface area (Å²) in [4.78, 5) is 49.9. The van der Waals surface area contributed by atoms with E-state index in [2.05, 4.69) is 4.98 Å². The summed E-state index contributed by atoms with van der Waals surface area (Å²) in [6.07, 6.45) is 2.50. The van der Waals surface area contributed by atoms with Gasteiger partial charge in [-0.05, 0) is 17.7 Å². The van der Waals surface area contributed by atoms with Crippen molar-refractivity contribution in [3.63, 3.8) is 0 Å². The van der Waals surface area contributed by atoms with Crippen LogP contribution in [0.4, 0.5) is 17.1 Å². The first kappa shape index (κ1) is 19.0. The minimum absolute atomic E-state index is 0.127. The number of hydrogen-bond donors (Lipinski definition) is 2. The second-order valence-corrected chi connectivity index (χ2v) is 5.87. The van der Waals surface area contributed by atoms with Gasteiger partial charge in [-0.15, -0.1) is 0 Å². The fraction of sp³-hybridized carbons (Fsp3) is 0.250. The minimum atomic E-state index is -1.14. The molecular formula is C16H15N5O7. The Labute approximate surface area is 156 Å². The summed E-state index contributed by atoms with van der Waals surface area (Å²) in [6, 6.07) is 4.50. The molecule has 146 valence electrons. The third-order valence-corrected chi connectivity index (χ3v) is 4.12. The Morgan fingerprint density at radius 1 is 1.04 bits per heavy atom. The highest BCUT2D eigenvalue weighted by Gasteiger charge is 2.22. The van der Waals surface area contributed by atoms with Gasteiger partial charge in [0.25, 0.3) is 5.69 Å². The number of H-pyrrole nitrogens is 2. The average molecular weight is 389 g/mol. The maximum Gasteiger partial charge on any atom is 0.357 e. The maximum absolute atomic E-state index is 11.6. The third kappa shape index (κ3) is 3.96. The Balaban J connectivity index is 1.98. The number of hydrogen-bond acceptors (Lipinski definition) is 8. The molecule has 0 amide bonds. The summed E-state index contributed by atoms with van der Waals surface area (Å²) in [5.74, 6) is 0. The van der Waals surface area contributed by atoms with Crippen molar-refractivity contribution < 1.29 is 14.6 Å². The van der Waals surface area contributed by atoms with Gasteiger partial charge in [0.15, 0.2) is 0 Å². The number of aromatic nitrogens is 2. The first-order chi connectivity index (χ1) is 13.4. The van der Waals surface area contributed by atoms with Gasteiger partial charge < -0.3 is 14.6 Å². The molecule has 0 spiro atoms. The molecule has 3 rings (SSSR count). The average Bonchev–Trinajstić information content (AvgIpc) is 2.66. The van der Waals surface area contributed by atoms with Crippen molar-refractivity contribution in [2.24, 2.45) is 0 Å². The van der Waals surface area contributed by atoms with E-state index in [9.17, 15) is 29.8 Å². The molecular weight excluding hydrogens is 374 g/mol. The number of nitro benzene ring substituents is 1. The number of nitrogens with zero attached hydrogens (tertiary/aromatic N) is 3. The van der Waals surface area contributed by atoms with Gasteiger partial charge in [-0.3, -0.25) is 30.0 Å². The number of aromatic amines is 2. The molecule has 1 aliphatic rings. The Morgan fingerprint density at radius 2 is 1.75 bits per heavy atom. The quantitative estimate of drug-likeness (QED) is 0.562. The van der Waals surface area contributed by atoms with Crippen molar-refractivity contribution in [2.75, 3.05) is 31.2 Å². The number of nitro groups is 2. The van der Waals surface area contributed by atoms with E-state index < -0.39 is 26.8 Å². The van der Waals surface area contributed by atoms with Crippen LogP contribution >= 0.6 is 0 Å². The standard InChI is InChI=1S/C16H15N5O7/c22-15-14(21(26)27)11(17-16(23)18-15)3-1-10-2-4-12(13(9-10)20(24)25)19-5-7-28-8-6-19/h1-4,9H,5-8H2,(H2,17,18,22,23)/b3-1+. The van der Waals surface area contributed by atoms with E-state index in [1.165, 1.54) is 12.1 Å². The fourth-order valence-corrected chi connectivity index (χ4v) is 2.84. The van der Waals surface area contributed by atoms with Crippen LogP contribution in [0.25, 0.3) is 12.2 Å². The Kier molecular flexibility index (Phi) is 5.31. The van der Waals surface area contributed by atoms with Crippen molar-refractivity contribution in [3.8, 4) is 0 Å². The van der Waals surface area contributed by atoms with Gasteiger partial charge in [0, 0.05) is 19.2 Å². The molecule has 12 heteroatoms. The van der Waals surface area contributed by atoms with Gasteiger partial charge in [0.1, 0.15) is 11.4 Å². The fourth-order valence-electron chi connectivity index (χ4n) is 2.84. The largest absolute Gasteiger partial charge is 0.378 e. The summed E-state index contributed by atoms with van der Waals surface area (Å²) in [7, 11) is 0. The second-order valence-electron chi connectivity index (χ2n) is 5.87. The van der Waals surface area contributed by atoms with Crippen molar-refractivity contribution in [2.45, 2.75) is 0 Å². The molecule has 2 heterocycles. The van der Waals surface area contributed by atoms with Crippen LogP contribution < -0.4 is 16.1 Å². The lowest BCUT2D eigenvalue weighted by Gasteiger charge is -2.28. The van der Waals surface area contributed by atoms with Gasteiger partial charge in [-0.25, -0.2) is 4.79 Å². The highest BCUT2D eigenvalue weighted by Crippen LogP contribution is 2.30. The van der Waals surface area contributed by atoms with E-state index in [1.54, 1.807) is 17.1 Å². The van der Waals surface area contributed by atoms with Crippen LogP contribution in [0.1, 0.15) is 11.3 Å². The zero-order valence-corrected chi connectivity index (χ0v) is 14.4. The number of ether oxygens (including phenoxy) is 1. The lowest BCUT2D eigenvalue weighted by molar-refractivity contribution is -0.386. The van der Waals surface area contributed by atoms with Crippen LogP contribution in [0.15, 0.2) is 27.8 Å². The predicted octanol–water partition coefficient (Wildman–Crippen LogP) is 0.887. The lowest BCUT2D eigenvalue weighted by atomic mass is 10.1. The van der Waals surface area contributed by atoms with Crippen molar-refractivity contribution >= 4 is 29.2 Å². The highest BCUT2D eigenvalue weighted by molar-refractivity contribution is 5.75. The predicted molar refractivity (Wildman–Crippen MR) is 99.4 cm³/mol. The van der Waals surface area contributed by atoms with Gasteiger partial charge >= 0.3 is 16.9 Å². The first-order valence-electron chi connectivity index (χ1n) is 8.17. The summed E-state index contributed by atoms with van der Waals surface area (Å²) in [5, 5.41) is 22.5. The zero-order valence-electron chi connectivity index (χ0n) is 14.4. The third-order valence-electron chi connectivity index (χ3n) is 4.12. The molecule has 0 atom stereocenters. The molecule has 28 heavy (non-hydrogen) atoms. The molecule has 1 aliphatic heterocycles. The van der Waals surface area contributed by atoms with Gasteiger partial charge in [0.05, 0.1) is 23.1 Å². The second kappa shape index (κ2) is 7.84. The van der Waals surface area contributed by atoms with E-state index in [0.717, 1.165) is 6.08 Å².